The van der Waals surface area contributed by atoms with Crippen molar-refractivity contribution in [2.75, 3.05) is 6.61 Å². The molecule has 0 saturated carbocycles. The van der Waals surface area contributed by atoms with Gasteiger partial charge in [0.25, 0.3) is 0 Å². The average Bonchev–Trinajstić information content (AvgIpc) is 2.14. The largest absolute Gasteiger partial charge is 0.464 e. The van der Waals surface area contributed by atoms with Crippen LogP contribution in [0.5, 0.6) is 0 Å². The van der Waals surface area contributed by atoms with E-state index in [4.69, 9.17) is 5.84 Å². The van der Waals surface area contributed by atoms with Gasteiger partial charge in [-0.2, -0.15) is 0 Å². The molecule has 1 unspecified atom stereocenters. The molecule has 0 spiro atoms. The van der Waals surface area contributed by atoms with Crippen molar-refractivity contribution in [1.29, 1.82) is 0 Å². The molecule has 1 aliphatic rings. The van der Waals surface area contributed by atoms with E-state index in [-0.39, 0.29) is 12.0 Å². The zero-order chi connectivity index (χ0) is 5.98. The lowest BCUT2D eigenvalue weighted by Gasteiger charge is -1.98. The molecule has 1 aliphatic heterocycles. The Morgan fingerprint density at radius 1 is 1.88 bits per heavy atom. The van der Waals surface area contributed by atoms with Crippen LogP contribution in [0.4, 0.5) is 0 Å². The van der Waals surface area contributed by atoms with E-state index in [1.807, 2.05) is 0 Å². The summed E-state index contributed by atoms with van der Waals surface area (Å²) in [6.07, 6.45) is 0.690. The summed E-state index contributed by atoms with van der Waals surface area (Å²) in [5.41, 5.74) is 2.34. The van der Waals surface area contributed by atoms with Crippen molar-refractivity contribution >= 4 is 5.97 Å². The predicted molar refractivity (Wildman–Crippen MR) is 26.7 cm³/mol. The Labute approximate surface area is 47.0 Å². The van der Waals surface area contributed by atoms with Crippen LogP contribution in [0.3, 0.4) is 0 Å². The first-order chi connectivity index (χ1) is 3.84. The van der Waals surface area contributed by atoms with Crippen LogP contribution in [-0.2, 0) is 9.53 Å². The molecule has 1 atom stereocenters. The summed E-state index contributed by atoms with van der Waals surface area (Å²) in [5.74, 6) is 4.73. The number of rotatable bonds is 1. The summed E-state index contributed by atoms with van der Waals surface area (Å²) in [6, 6.07) is -0.269. The van der Waals surface area contributed by atoms with Gasteiger partial charge in [-0.3, -0.25) is 10.6 Å². The number of ether oxygens (including phenoxy) is 1. The van der Waals surface area contributed by atoms with Crippen molar-refractivity contribution in [2.45, 2.75) is 12.5 Å². The molecule has 8 heavy (non-hydrogen) atoms. The third-order valence-corrected chi connectivity index (χ3v) is 1.14. The molecule has 0 aromatic carbocycles. The zero-order valence-corrected chi connectivity index (χ0v) is 4.39. The molecular formula is C4H8N2O2. The van der Waals surface area contributed by atoms with Gasteiger partial charge in [0, 0.05) is 6.42 Å². The molecule has 46 valence electrons. The molecule has 0 aliphatic carbocycles. The molecule has 4 heteroatoms. The Hall–Kier alpha value is -0.610. The summed E-state index contributed by atoms with van der Waals surface area (Å²) in [7, 11) is 0. The van der Waals surface area contributed by atoms with Crippen molar-refractivity contribution in [2.24, 2.45) is 5.84 Å². The highest BCUT2D eigenvalue weighted by atomic mass is 16.5. The summed E-state index contributed by atoms with van der Waals surface area (Å²) in [6.45, 7) is 0.494. The molecule has 0 bridgehead atoms. The first kappa shape index (κ1) is 5.53. The molecule has 0 radical (unpaired) electrons. The molecule has 0 amide bonds. The van der Waals surface area contributed by atoms with Crippen LogP contribution in [0.25, 0.3) is 0 Å². The molecule has 1 heterocycles. The van der Waals surface area contributed by atoms with Gasteiger partial charge in [-0.15, -0.1) is 0 Å². The number of carbonyl (C=O) groups excluding carboxylic acids is 1. The molecule has 0 aromatic rings. The minimum absolute atomic E-state index is 0.243. The summed E-state index contributed by atoms with van der Waals surface area (Å²) in [5, 5.41) is 0. The predicted octanol–water partition coefficient (Wildman–Crippen LogP) is -1.23. The van der Waals surface area contributed by atoms with Crippen molar-refractivity contribution < 1.29 is 9.53 Å². The van der Waals surface area contributed by atoms with Gasteiger partial charge in [0.05, 0.1) is 6.61 Å². The maximum absolute atomic E-state index is 10.4. The van der Waals surface area contributed by atoms with E-state index in [0.717, 1.165) is 0 Å². The highest BCUT2D eigenvalue weighted by molar-refractivity contribution is 5.77. The smallest absolute Gasteiger partial charge is 0.324 e. The van der Waals surface area contributed by atoms with Crippen LogP contribution in [0, 0.1) is 0 Å². The SMILES string of the molecule is NNC1CCOC1=O. The third kappa shape index (κ3) is 0.801. The molecular weight excluding hydrogens is 108 g/mol. The Morgan fingerprint density at radius 3 is 2.88 bits per heavy atom. The number of cyclic esters (lactones) is 1. The van der Waals surface area contributed by atoms with Gasteiger partial charge in [-0.05, 0) is 0 Å². The van der Waals surface area contributed by atoms with E-state index >= 15 is 0 Å². The van der Waals surface area contributed by atoms with Crippen LogP contribution in [-0.4, -0.2) is 18.6 Å². The number of hydrazine groups is 1. The van der Waals surface area contributed by atoms with Gasteiger partial charge in [-0.25, -0.2) is 5.43 Å². The van der Waals surface area contributed by atoms with E-state index < -0.39 is 0 Å². The van der Waals surface area contributed by atoms with Crippen LogP contribution in [0.15, 0.2) is 0 Å². The maximum Gasteiger partial charge on any atom is 0.324 e. The van der Waals surface area contributed by atoms with Crippen LogP contribution in [0.1, 0.15) is 6.42 Å². The molecule has 1 rings (SSSR count). The number of nitrogens with one attached hydrogen (secondary N) is 1. The minimum Gasteiger partial charge on any atom is -0.464 e. The first-order valence-electron chi connectivity index (χ1n) is 2.47. The lowest BCUT2D eigenvalue weighted by Crippen LogP contribution is -2.38. The standard InChI is InChI=1S/C4H8N2O2/c5-6-3-1-2-8-4(3)7/h3,6H,1-2,5H2. The monoisotopic (exact) mass is 116 g/mol. The van der Waals surface area contributed by atoms with Gasteiger partial charge < -0.3 is 4.74 Å². The lowest BCUT2D eigenvalue weighted by atomic mass is 10.3. The van der Waals surface area contributed by atoms with Crippen LogP contribution < -0.4 is 11.3 Å². The van der Waals surface area contributed by atoms with E-state index in [1.54, 1.807) is 0 Å². The average molecular weight is 116 g/mol. The van der Waals surface area contributed by atoms with E-state index in [2.05, 4.69) is 10.2 Å². The summed E-state index contributed by atoms with van der Waals surface area (Å²) >= 11 is 0. The van der Waals surface area contributed by atoms with Gasteiger partial charge in [0.1, 0.15) is 6.04 Å². The number of carbonyl (C=O) groups is 1. The number of hydrogen-bond acceptors (Lipinski definition) is 4. The van der Waals surface area contributed by atoms with Gasteiger partial charge in [0.15, 0.2) is 0 Å². The Morgan fingerprint density at radius 2 is 2.62 bits per heavy atom. The molecule has 1 saturated heterocycles. The Kier molecular flexibility index (Phi) is 1.45. The quantitative estimate of drug-likeness (QED) is 0.255. The first-order valence-corrected chi connectivity index (χ1v) is 2.47. The van der Waals surface area contributed by atoms with Gasteiger partial charge in [-0.1, -0.05) is 0 Å². The second-order valence-electron chi connectivity index (χ2n) is 1.68. The van der Waals surface area contributed by atoms with Crippen molar-refractivity contribution in [1.82, 2.24) is 5.43 Å². The third-order valence-electron chi connectivity index (χ3n) is 1.14. The Bertz CT molecular complexity index is 104. The molecule has 4 nitrogen and oxygen atoms in total. The van der Waals surface area contributed by atoms with Crippen molar-refractivity contribution in [3.63, 3.8) is 0 Å². The molecule has 1 fully saturated rings. The topological polar surface area (TPSA) is 64.3 Å². The zero-order valence-electron chi connectivity index (χ0n) is 4.39. The fourth-order valence-corrected chi connectivity index (χ4v) is 0.647. The van der Waals surface area contributed by atoms with E-state index in [9.17, 15) is 4.79 Å². The number of esters is 1. The second-order valence-corrected chi connectivity index (χ2v) is 1.68. The maximum atomic E-state index is 10.4. The molecule has 3 N–H and O–H groups in total. The second kappa shape index (κ2) is 2.11. The summed E-state index contributed by atoms with van der Waals surface area (Å²) in [4.78, 5) is 10.4. The van der Waals surface area contributed by atoms with Crippen LogP contribution in [0.2, 0.25) is 0 Å². The van der Waals surface area contributed by atoms with Gasteiger partial charge in [0.2, 0.25) is 0 Å². The fraction of sp³-hybridized carbons (Fsp3) is 0.750. The number of hydrogen-bond donors (Lipinski definition) is 2. The van der Waals surface area contributed by atoms with E-state index in [0.29, 0.717) is 13.0 Å². The number of nitrogens with two attached hydrogens (primary N) is 1. The minimum atomic E-state index is -0.269. The van der Waals surface area contributed by atoms with Gasteiger partial charge >= 0.3 is 5.97 Å². The Balaban J connectivity index is 2.42. The molecule has 0 aromatic heterocycles. The highest BCUT2D eigenvalue weighted by Crippen LogP contribution is 2.02. The fourth-order valence-electron chi connectivity index (χ4n) is 0.647. The van der Waals surface area contributed by atoms with Crippen molar-refractivity contribution in [3.05, 3.63) is 0 Å². The summed E-state index contributed by atoms with van der Waals surface area (Å²) < 4.78 is 4.57. The van der Waals surface area contributed by atoms with Crippen molar-refractivity contribution in [3.8, 4) is 0 Å². The lowest BCUT2D eigenvalue weighted by molar-refractivity contribution is -0.139. The normalized spacial score (nSPS) is 28.1. The van der Waals surface area contributed by atoms with E-state index in [1.165, 1.54) is 0 Å². The van der Waals surface area contributed by atoms with Crippen LogP contribution >= 0.6 is 0 Å². The highest BCUT2D eigenvalue weighted by Gasteiger charge is 2.24.